The largest absolute Gasteiger partial charge is 0.492 e. The zero-order valence-corrected chi connectivity index (χ0v) is 12.7. The molecule has 21 heavy (non-hydrogen) atoms. The molecule has 2 heteroatoms. The molecule has 1 heterocycles. The van der Waals surface area contributed by atoms with Crippen molar-refractivity contribution in [2.24, 2.45) is 0 Å². The quantitative estimate of drug-likeness (QED) is 0.842. The molecule has 0 radical (unpaired) electrons. The van der Waals surface area contributed by atoms with Crippen molar-refractivity contribution in [3.8, 4) is 5.75 Å². The second kappa shape index (κ2) is 6.77. The van der Waals surface area contributed by atoms with E-state index in [0.717, 1.165) is 31.9 Å². The lowest BCUT2D eigenvalue weighted by atomic mass is 10.0. The molecule has 1 atom stereocenters. The van der Waals surface area contributed by atoms with E-state index in [2.05, 4.69) is 60.4 Å². The minimum absolute atomic E-state index is 0.569. The van der Waals surface area contributed by atoms with Crippen molar-refractivity contribution >= 4 is 0 Å². The average Bonchev–Trinajstić information content (AvgIpc) is 2.76. The summed E-state index contributed by atoms with van der Waals surface area (Å²) in [6.45, 7) is 5.11. The molecule has 0 fully saturated rings. The van der Waals surface area contributed by atoms with Gasteiger partial charge in [0.2, 0.25) is 0 Å². The van der Waals surface area contributed by atoms with Crippen LogP contribution in [0.5, 0.6) is 5.75 Å². The maximum absolute atomic E-state index is 5.85. The Morgan fingerprint density at radius 1 is 1.05 bits per heavy atom. The van der Waals surface area contributed by atoms with Crippen LogP contribution in [0, 0.1) is 0 Å². The van der Waals surface area contributed by atoms with Crippen molar-refractivity contribution in [2.75, 3.05) is 13.2 Å². The van der Waals surface area contributed by atoms with Crippen molar-refractivity contribution < 1.29 is 4.74 Å². The normalized spacial score (nSPS) is 16.6. The molecular weight excluding hydrogens is 258 g/mol. The molecule has 2 aromatic rings. The molecule has 1 aliphatic rings. The number of hydrogen-bond donors (Lipinski definition) is 0. The Morgan fingerprint density at radius 2 is 1.81 bits per heavy atom. The molecule has 0 bridgehead atoms. The van der Waals surface area contributed by atoms with Gasteiger partial charge in [-0.25, -0.2) is 0 Å². The first kappa shape index (κ1) is 14.2. The molecule has 0 aromatic heterocycles. The fourth-order valence-electron chi connectivity index (χ4n) is 2.93. The Labute approximate surface area is 127 Å². The summed E-state index contributed by atoms with van der Waals surface area (Å²) in [6.07, 6.45) is 2.33. The number of rotatable bonds is 4. The molecule has 2 aromatic carbocycles. The molecule has 110 valence electrons. The average molecular weight is 281 g/mol. The number of aryl methyl sites for hydroxylation is 1. The van der Waals surface area contributed by atoms with Crippen molar-refractivity contribution in [2.45, 2.75) is 32.4 Å². The Balaban J connectivity index is 1.61. The molecule has 0 spiro atoms. The Bertz CT molecular complexity index is 567. The predicted molar refractivity (Wildman–Crippen MR) is 86.6 cm³/mol. The molecule has 2 nitrogen and oxygen atoms in total. The number of fused-ring (bicyclic) bond motifs is 1. The lowest BCUT2D eigenvalue weighted by molar-refractivity contribution is 0.172. The van der Waals surface area contributed by atoms with Crippen LogP contribution >= 0.6 is 0 Å². The Morgan fingerprint density at radius 3 is 2.67 bits per heavy atom. The summed E-state index contributed by atoms with van der Waals surface area (Å²) in [6, 6.07) is 19.7. The number of benzene rings is 2. The van der Waals surface area contributed by atoms with E-state index in [1.165, 1.54) is 17.5 Å². The summed E-state index contributed by atoms with van der Waals surface area (Å²) in [7, 11) is 0. The van der Waals surface area contributed by atoms with Crippen LogP contribution in [0.25, 0.3) is 0 Å². The third kappa shape index (κ3) is 3.64. The maximum atomic E-state index is 5.85. The van der Waals surface area contributed by atoms with E-state index < -0.39 is 0 Å². The maximum Gasteiger partial charge on any atom is 0.123 e. The molecule has 1 aliphatic heterocycles. The van der Waals surface area contributed by atoms with Gasteiger partial charge in [-0.15, -0.1) is 0 Å². The van der Waals surface area contributed by atoms with Crippen LogP contribution in [0.1, 0.15) is 24.5 Å². The molecule has 0 aliphatic carbocycles. The van der Waals surface area contributed by atoms with E-state index in [1.807, 2.05) is 6.07 Å². The minimum atomic E-state index is 0.569. The van der Waals surface area contributed by atoms with Crippen LogP contribution in [0.2, 0.25) is 0 Å². The first-order valence-corrected chi connectivity index (χ1v) is 7.81. The van der Waals surface area contributed by atoms with E-state index in [-0.39, 0.29) is 0 Å². The van der Waals surface area contributed by atoms with Crippen molar-refractivity contribution in [1.29, 1.82) is 0 Å². The van der Waals surface area contributed by atoms with Crippen LogP contribution in [0.4, 0.5) is 0 Å². The van der Waals surface area contributed by atoms with E-state index in [4.69, 9.17) is 4.74 Å². The standard InChI is InChI=1S/C19H23NO/c1-16(11-12-17-7-3-2-4-8-17)20-13-14-21-19-10-6-5-9-18(19)15-20/h2-10,16H,11-15H2,1H3. The summed E-state index contributed by atoms with van der Waals surface area (Å²) in [5.41, 5.74) is 2.73. The highest BCUT2D eigenvalue weighted by molar-refractivity contribution is 5.33. The van der Waals surface area contributed by atoms with Crippen LogP contribution in [0.3, 0.4) is 0 Å². The first-order valence-electron chi connectivity index (χ1n) is 7.81. The summed E-state index contributed by atoms with van der Waals surface area (Å²) in [4.78, 5) is 2.54. The molecule has 0 saturated carbocycles. The molecule has 0 N–H and O–H groups in total. The summed E-state index contributed by atoms with van der Waals surface area (Å²) in [5, 5.41) is 0. The lowest BCUT2D eigenvalue weighted by Crippen LogP contribution is -2.34. The van der Waals surface area contributed by atoms with Crippen molar-refractivity contribution in [3.63, 3.8) is 0 Å². The van der Waals surface area contributed by atoms with Gasteiger partial charge in [-0.3, -0.25) is 4.90 Å². The first-order chi connectivity index (χ1) is 10.3. The Kier molecular flexibility index (Phi) is 4.56. The highest BCUT2D eigenvalue weighted by Gasteiger charge is 2.19. The number of ether oxygens (including phenoxy) is 1. The van der Waals surface area contributed by atoms with E-state index in [1.54, 1.807) is 0 Å². The Hall–Kier alpha value is -1.80. The SMILES string of the molecule is CC(CCc1ccccc1)N1CCOc2ccccc2C1. The molecule has 0 amide bonds. The van der Waals surface area contributed by atoms with E-state index >= 15 is 0 Å². The van der Waals surface area contributed by atoms with Gasteiger partial charge in [-0.1, -0.05) is 48.5 Å². The van der Waals surface area contributed by atoms with Crippen molar-refractivity contribution in [1.82, 2.24) is 4.90 Å². The summed E-state index contributed by atoms with van der Waals surface area (Å²) >= 11 is 0. The van der Waals surface area contributed by atoms with Gasteiger partial charge < -0.3 is 4.74 Å². The fraction of sp³-hybridized carbons (Fsp3) is 0.368. The van der Waals surface area contributed by atoms with Crippen LogP contribution in [-0.2, 0) is 13.0 Å². The van der Waals surface area contributed by atoms with Crippen LogP contribution < -0.4 is 4.74 Å². The third-order valence-corrected chi connectivity index (χ3v) is 4.30. The van der Waals surface area contributed by atoms with E-state index in [9.17, 15) is 0 Å². The molecule has 0 saturated heterocycles. The van der Waals surface area contributed by atoms with E-state index in [0.29, 0.717) is 6.04 Å². The second-order valence-corrected chi connectivity index (χ2v) is 5.80. The van der Waals surface area contributed by atoms with Gasteiger partial charge in [0.05, 0.1) is 0 Å². The van der Waals surface area contributed by atoms with Gasteiger partial charge in [-0.2, -0.15) is 0 Å². The number of para-hydroxylation sites is 1. The lowest BCUT2D eigenvalue weighted by Gasteiger charge is -2.27. The van der Waals surface area contributed by atoms with Crippen LogP contribution in [0.15, 0.2) is 54.6 Å². The van der Waals surface area contributed by atoms with Crippen molar-refractivity contribution in [3.05, 3.63) is 65.7 Å². The molecular formula is C19H23NO. The van der Waals surface area contributed by atoms with Gasteiger partial charge in [0.25, 0.3) is 0 Å². The van der Waals surface area contributed by atoms with Crippen LogP contribution in [-0.4, -0.2) is 24.1 Å². The topological polar surface area (TPSA) is 12.5 Å². The highest BCUT2D eigenvalue weighted by Crippen LogP contribution is 2.24. The van der Waals surface area contributed by atoms with Gasteiger partial charge in [0, 0.05) is 24.7 Å². The van der Waals surface area contributed by atoms with Gasteiger partial charge >= 0.3 is 0 Å². The van der Waals surface area contributed by atoms with Gasteiger partial charge in [-0.05, 0) is 31.4 Å². The third-order valence-electron chi connectivity index (χ3n) is 4.30. The smallest absolute Gasteiger partial charge is 0.123 e. The minimum Gasteiger partial charge on any atom is -0.492 e. The highest BCUT2D eigenvalue weighted by atomic mass is 16.5. The second-order valence-electron chi connectivity index (χ2n) is 5.80. The molecule has 3 rings (SSSR count). The molecule has 1 unspecified atom stereocenters. The summed E-state index contributed by atoms with van der Waals surface area (Å²) < 4.78 is 5.85. The predicted octanol–water partition coefficient (Wildman–Crippen LogP) is 3.90. The van der Waals surface area contributed by atoms with Gasteiger partial charge in [0.1, 0.15) is 12.4 Å². The number of nitrogens with zero attached hydrogens (tertiary/aromatic N) is 1. The fourth-order valence-corrected chi connectivity index (χ4v) is 2.93. The monoisotopic (exact) mass is 281 g/mol. The number of hydrogen-bond acceptors (Lipinski definition) is 2. The van der Waals surface area contributed by atoms with Gasteiger partial charge in [0.15, 0.2) is 0 Å². The summed E-state index contributed by atoms with van der Waals surface area (Å²) in [5.74, 6) is 1.05. The zero-order valence-electron chi connectivity index (χ0n) is 12.7. The zero-order chi connectivity index (χ0) is 14.5.